The van der Waals surface area contributed by atoms with E-state index < -0.39 is 17.7 Å². The monoisotopic (exact) mass is 355 g/mol. The Labute approximate surface area is 150 Å². The van der Waals surface area contributed by atoms with Crippen molar-refractivity contribution in [2.45, 2.75) is 20.0 Å². The van der Waals surface area contributed by atoms with Crippen LogP contribution in [0.1, 0.15) is 16.8 Å². The normalized spacial score (nSPS) is 10.6. The fraction of sp³-hybridized carbons (Fsp3) is 0.150. The number of rotatable bonds is 5. The maximum absolute atomic E-state index is 13.6. The Hall–Kier alpha value is -3.15. The molecule has 26 heavy (non-hydrogen) atoms. The second-order valence-corrected chi connectivity index (χ2v) is 6.05. The van der Waals surface area contributed by atoms with Crippen molar-refractivity contribution in [2.75, 3.05) is 5.32 Å². The fourth-order valence-corrected chi connectivity index (χ4v) is 2.70. The highest BCUT2D eigenvalue weighted by Gasteiger charge is 2.09. The van der Waals surface area contributed by atoms with Gasteiger partial charge >= 0.3 is 6.03 Å². The largest absolute Gasteiger partial charge is 0.345 e. The average molecular weight is 355 g/mol. The van der Waals surface area contributed by atoms with Gasteiger partial charge in [-0.05, 0) is 36.8 Å². The van der Waals surface area contributed by atoms with Gasteiger partial charge in [0.1, 0.15) is 11.6 Å². The number of hydrogen-bond donors (Lipinski definition) is 2. The molecule has 3 rings (SSSR count). The van der Waals surface area contributed by atoms with E-state index in [1.165, 1.54) is 17.2 Å². The maximum atomic E-state index is 13.6. The first-order valence-corrected chi connectivity index (χ1v) is 8.21. The predicted octanol–water partition coefficient (Wildman–Crippen LogP) is 4.44. The molecule has 0 spiro atoms. The van der Waals surface area contributed by atoms with Crippen LogP contribution in [-0.2, 0) is 13.1 Å². The topological polar surface area (TPSA) is 46.1 Å². The zero-order valence-electron chi connectivity index (χ0n) is 14.3. The molecule has 134 valence electrons. The summed E-state index contributed by atoms with van der Waals surface area (Å²) in [6.45, 7) is 3.02. The van der Waals surface area contributed by atoms with Crippen LogP contribution >= 0.6 is 0 Å². The number of benzene rings is 2. The van der Waals surface area contributed by atoms with Gasteiger partial charge in [0.15, 0.2) is 0 Å². The highest BCUT2D eigenvalue weighted by Crippen LogP contribution is 2.15. The summed E-state index contributed by atoms with van der Waals surface area (Å²) < 4.78 is 28.5. The van der Waals surface area contributed by atoms with Crippen LogP contribution in [0.2, 0.25) is 0 Å². The molecule has 4 nitrogen and oxygen atoms in total. The van der Waals surface area contributed by atoms with E-state index in [4.69, 9.17) is 0 Å². The number of nitrogens with one attached hydrogen (secondary N) is 2. The molecule has 3 aromatic rings. The van der Waals surface area contributed by atoms with Crippen LogP contribution < -0.4 is 10.6 Å². The smallest absolute Gasteiger partial charge is 0.319 e. The highest BCUT2D eigenvalue weighted by atomic mass is 19.1. The standard InChI is InChI=1S/C20H19F2N3O/c1-14-4-2-5-15(10-14)13-25-9-3-6-17(25)12-23-20(26)24-19-8-7-16(21)11-18(19)22/h2-11H,12-13H2,1H3,(H2,23,24,26). The Morgan fingerprint density at radius 2 is 1.92 bits per heavy atom. The number of carbonyl (C=O) groups excluding carboxylic acids is 1. The first-order chi connectivity index (χ1) is 12.5. The minimum absolute atomic E-state index is 0.0703. The van der Waals surface area contributed by atoms with Crippen LogP contribution in [0.5, 0.6) is 0 Å². The van der Waals surface area contributed by atoms with Crippen LogP contribution in [0.4, 0.5) is 19.3 Å². The molecular weight excluding hydrogens is 336 g/mol. The summed E-state index contributed by atoms with van der Waals surface area (Å²) in [7, 11) is 0. The minimum Gasteiger partial charge on any atom is -0.345 e. The minimum atomic E-state index is -0.817. The van der Waals surface area contributed by atoms with E-state index in [2.05, 4.69) is 16.7 Å². The lowest BCUT2D eigenvalue weighted by Crippen LogP contribution is -2.29. The van der Waals surface area contributed by atoms with Crippen LogP contribution in [0.3, 0.4) is 0 Å². The second-order valence-electron chi connectivity index (χ2n) is 6.05. The average Bonchev–Trinajstić information content (AvgIpc) is 3.03. The number of anilines is 1. The van der Waals surface area contributed by atoms with Crippen LogP contribution in [-0.4, -0.2) is 10.6 Å². The Morgan fingerprint density at radius 3 is 2.69 bits per heavy atom. The van der Waals surface area contributed by atoms with Crippen molar-refractivity contribution >= 4 is 11.7 Å². The zero-order valence-corrected chi connectivity index (χ0v) is 14.3. The van der Waals surface area contributed by atoms with Crippen molar-refractivity contribution in [3.63, 3.8) is 0 Å². The molecule has 0 aliphatic carbocycles. The molecule has 2 N–H and O–H groups in total. The molecule has 2 aromatic carbocycles. The number of aryl methyl sites for hydroxylation is 1. The summed E-state index contributed by atoms with van der Waals surface area (Å²) in [5, 5.41) is 5.06. The number of halogens is 2. The van der Waals surface area contributed by atoms with Crippen molar-refractivity contribution in [3.05, 3.63) is 89.2 Å². The molecule has 0 unspecified atom stereocenters. The lowest BCUT2D eigenvalue weighted by molar-refractivity contribution is 0.251. The molecule has 0 aliphatic heterocycles. The number of carbonyl (C=O) groups is 1. The van der Waals surface area contributed by atoms with Crippen molar-refractivity contribution in [2.24, 2.45) is 0 Å². The zero-order chi connectivity index (χ0) is 18.5. The number of amides is 2. The van der Waals surface area contributed by atoms with Gasteiger partial charge in [0.2, 0.25) is 0 Å². The lowest BCUT2D eigenvalue weighted by atomic mass is 10.1. The molecular formula is C20H19F2N3O. The van der Waals surface area contributed by atoms with Gasteiger partial charge in [-0.2, -0.15) is 0 Å². The van der Waals surface area contributed by atoms with Crippen molar-refractivity contribution < 1.29 is 13.6 Å². The third-order valence-electron chi connectivity index (χ3n) is 3.97. The number of aromatic nitrogens is 1. The van der Waals surface area contributed by atoms with Crippen LogP contribution in [0, 0.1) is 18.6 Å². The Kier molecular flexibility index (Phi) is 5.31. The third kappa shape index (κ3) is 4.47. The van der Waals surface area contributed by atoms with E-state index in [1.54, 1.807) is 0 Å². The second kappa shape index (κ2) is 7.82. The van der Waals surface area contributed by atoms with Crippen LogP contribution in [0.15, 0.2) is 60.8 Å². The molecule has 0 saturated heterocycles. The van der Waals surface area contributed by atoms with Gasteiger partial charge in [-0.15, -0.1) is 0 Å². The summed E-state index contributed by atoms with van der Waals surface area (Å²) >= 11 is 0. The summed E-state index contributed by atoms with van der Waals surface area (Å²) in [4.78, 5) is 12.0. The molecule has 0 radical (unpaired) electrons. The van der Waals surface area contributed by atoms with E-state index in [0.717, 1.165) is 17.8 Å². The van der Waals surface area contributed by atoms with Crippen molar-refractivity contribution in [1.29, 1.82) is 0 Å². The predicted molar refractivity (Wildman–Crippen MR) is 96.9 cm³/mol. The van der Waals surface area contributed by atoms with E-state index in [1.807, 2.05) is 48.0 Å². The van der Waals surface area contributed by atoms with Crippen molar-refractivity contribution in [3.8, 4) is 0 Å². The van der Waals surface area contributed by atoms with E-state index in [0.29, 0.717) is 6.54 Å². The Bertz CT molecular complexity index is 921. The molecule has 2 amide bonds. The van der Waals surface area contributed by atoms with E-state index in [-0.39, 0.29) is 12.2 Å². The van der Waals surface area contributed by atoms with Gasteiger partial charge < -0.3 is 15.2 Å². The van der Waals surface area contributed by atoms with Gasteiger partial charge in [0, 0.05) is 24.5 Å². The highest BCUT2D eigenvalue weighted by molar-refractivity contribution is 5.89. The van der Waals surface area contributed by atoms with Gasteiger partial charge in [0.05, 0.1) is 12.2 Å². The lowest BCUT2D eigenvalue weighted by Gasteiger charge is -2.12. The maximum Gasteiger partial charge on any atom is 0.319 e. The van der Waals surface area contributed by atoms with E-state index in [9.17, 15) is 13.6 Å². The fourth-order valence-electron chi connectivity index (χ4n) is 2.70. The number of urea groups is 1. The quantitative estimate of drug-likeness (QED) is 0.698. The molecule has 1 heterocycles. The molecule has 1 aromatic heterocycles. The summed E-state index contributed by atoms with van der Waals surface area (Å²) in [6, 6.07) is 14.5. The van der Waals surface area contributed by atoms with Gasteiger partial charge in [-0.1, -0.05) is 29.8 Å². The number of nitrogens with zero attached hydrogens (tertiary/aromatic N) is 1. The Morgan fingerprint density at radius 1 is 1.08 bits per heavy atom. The SMILES string of the molecule is Cc1cccc(Cn2cccc2CNC(=O)Nc2ccc(F)cc2F)c1. The van der Waals surface area contributed by atoms with Gasteiger partial charge in [0.25, 0.3) is 0 Å². The first-order valence-electron chi connectivity index (χ1n) is 8.21. The molecule has 0 aliphatic rings. The molecule has 0 saturated carbocycles. The van der Waals surface area contributed by atoms with Gasteiger partial charge in [-0.25, -0.2) is 13.6 Å². The van der Waals surface area contributed by atoms with Gasteiger partial charge in [-0.3, -0.25) is 0 Å². The number of hydrogen-bond acceptors (Lipinski definition) is 1. The first kappa shape index (κ1) is 17.7. The Balaban J connectivity index is 1.60. The summed E-state index contributed by atoms with van der Waals surface area (Å²) in [6.07, 6.45) is 1.94. The third-order valence-corrected chi connectivity index (χ3v) is 3.97. The summed E-state index contributed by atoms with van der Waals surface area (Å²) in [5.74, 6) is -1.51. The molecule has 6 heteroatoms. The van der Waals surface area contributed by atoms with Crippen LogP contribution in [0.25, 0.3) is 0 Å². The van der Waals surface area contributed by atoms with Crippen molar-refractivity contribution in [1.82, 2.24) is 9.88 Å². The summed E-state index contributed by atoms with van der Waals surface area (Å²) in [5.41, 5.74) is 3.20. The molecule has 0 fully saturated rings. The molecule has 0 bridgehead atoms. The molecule has 0 atom stereocenters. The van der Waals surface area contributed by atoms with E-state index >= 15 is 0 Å².